The Morgan fingerprint density at radius 2 is 1.69 bits per heavy atom. The third kappa shape index (κ3) is 4.40. The van der Waals surface area contributed by atoms with Crippen molar-refractivity contribution in [2.75, 3.05) is 11.8 Å². The number of ether oxygens (including phenoxy) is 1. The minimum atomic E-state index is -4.68. The van der Waals surface area contributed by atoms with Crippen molar-refractivity contribution >= 4 is 44.9 Å². The minimum absolute atomic E-state index is 0.0482. The van der Waals surface area contributed by atoms with Crippen molar-refractivity contribution < 1.29 is 31.1 Å². The van der Waals surface area contributed by atoms with Gasteiger partial charge in [-0.15, -0.1) is 0 Å². The van der Waals surface area contributed by atoms with E-state index in [1.807, 2.05) is 4.72 Å². The predicted octanol–water partition coefficient (Wildman–Crippen LogP) is 4.60. The first-order valence-corrected chi connectivity index (χ1v) is 8.97. The number of hydrogen-bond donors (Lipinski definition) is 1. The highest BCUT2D eigenvalue weighted by molar-refractivity contribution is 7.92. The number of alkyl halides is 3. The summed E-state index contributed by atoms with van der Waals surface area (Å²) < 4.78 is 69.7. The summed E-state index contributed by atoms with van der Waals surface area (Å²) in [5.74, 6) is -0.871. The number of halogens is 5. The molecule has 2 rings (SSSR count). The van der Waals surface area contributed by atoms with Crippen molar-refractivity contribution in [3.05, 3.63) is 57.6 Å². The zero-order valence-electron chi connectivity index (χ0n) is 12.9. The van der Waals surface area contributed by atoms with Crippen LogP contribution in [0.15, 0.2) is 41.3 Å². The number of nitrogens with one attached hydrogen (secondary N) is 1. The molecule has 2 aromatic rings. The first-order valence-electron chi connectivity index (χ1n) is 6.73. The fourth-order valence-corrected chi connectivity index (χ4v) is 3.43. The number of carbonyl (C=O) groups is 1. The monoisotopic (exact) mass is 427 g/mol. The third-order valence-electron chi connectivity index (χ3n) is 3.19. The molecule has 2 aromatic carbocycles. The summed E-state index contributed by atoms with van der Waals surface area (Å²) >= 11 is 11.6. The van der Waals surface area contributed by atoms with Crippen molar-refractivity contribution in [1.82, 2.24) is 0 Å². The highest BCUT2D eigenvalue weighted by atomic mass is 35.5. The van der Waals surface area contributed by atoms with Gasteiger partial charge in [0.2, 0.25) is 0 Å². The van der Waals surface area contributed by atoms with Crippen molar-refractivity contribution in [2.24, 2.45) is 0 Å². The van der Waals surface area contributed by atoms with Crippen LogP contribution >= 0.6 is 23.2 Å². The normalized spacial score (nSPS) is 11.9. The lowest BCUT2D eigenvalue weighted by atomic mass is 10.2. The first-order chi connectivity index (χ1) is 12.0. The van der Waals surface area contributed by atoms with Crippen LogP contribution in [0.1, 0.15) is 15.9 Å². The Balaban J connectivity index is 2.46. The van der Waals surface area contributed by atoms with E-state index in [4.69, 9.17) is 23.2 Å². The molecule has 140 valence electrons. The number of hydrogen-bond acceptors (Lipinski definition) is 4. The number of rotatable bonds is 4. The molecule has 0 spiro atoms. The summed E-state index contributed by atoms with van der Waals surface area (Å²) in [4.78, 5) is 11.2. The number of esters is 1. The standard InChI is InChI=1S/C15H10Cl2F3NO4S/c1-25-14(22)10-7-9(3-5-11(10)16)26(23,24)21-13-6-8(15(18,19)20)2-4-12(13)17/h2-7,21H,1H3. The molecule has 0 saturated carbocycles. The molecule has 0 aliphatic carbocycles. The molecule has 0 fully saturated rings. The summed E-state index contributed by atoms with van der Waals surface area (Å²) in [7, 11) is -3.26. The Bertz CT molecular complexity index is 962. The second-order valence-corrected chi connectivity index (χ2v) is 7.43. The molecule has 0 aliphatic rings. The largest absolute Gasteiger partial charge is 0.465 e. The molecule has 0 saturated heterocycles. The van der Waals surface area contributed by atoms with Crippen molar-refractivity contribution in [3.63, 3.8) is 0 Å². The van der Waals surface area contributed by atoms with Gasteiger partial charge in [0.05, 0.1) is 38.9 Å². The van der Waals surface area contributed by atoms with Crippen molar-refractivity contribution in [2.45, 2.75) is 11.1 Å². The van der Waals surface area contributed by atoms with Gasteiger partial charge in [0.25, 0.3) is 10.0 Å². The maximum absolute atomic E-state index is 12.8. The van der Waals surface area contributed by atoms with E-state index in [1.54, 1.807) is 0 Å². The molecule has 26 heavy (non-hydrogen) atoms. The van der Waals surface area contributed by atoms with Gasteiger partial charge in [-0.2, -0.15) is 13.2 Å². The van der Waals surface area contributed by atoms with Crippen LogP contribution in [0.5, 0.6) is 0 Å². The van der Waals surface area contributed by atoms with Gasteiger partial charge in [0, 0.05) is 0 Å². The van der Waals surface area contributed by atoms with Crippen LogP contribution in [0.2, 0.25) is 10.0 Å². The predicted molar refractivity (Wildman–Crippen MR) is 90.1 cm³/mol. The SMILES string of the molecule is COC(=O)c1cc(S(=O)(=O)Nc2cc(C(F)(F)F)ccc2Cl)ccc1Cl. The molecular weight excluding hydrogens is 418 g/mol. The van der Waals surface area contributed by atoms with Crippen molar-refractivity contribution in [1.29, 1.82) is 0 Å². The molecule has 0 atom stereocenters. The molecule has 1 N–H and O–H groups in total. The molecule has 0 amide bonds. The Labute approximate surface area is 156 Å². The maximum Gasteiger partial charge on any atom is 0.416 e. The second-order valence-electron chi connectivity index (χ2n) is 4.93. The fraction of sp³-hybridized carbons (Fsp3) is 0.133. The molecule has 11 heteroatoms. The average Bonchev–Trinajstić information content (AvgIpc) is 2.55. The smallest absolute Gasteiger partial charge is 0.416 e. The molecular formula is C15H10Cl2F3NO4S. The van der Waals surface area contributed by atoms with Crippen molar-refractivity contribution in [3.8, 4) is 0 Å². The number of methoxy groups -OCH3 is 1. The first kappa shape index (κ1) is 20.3. The van der Waals surface area contributed by atoms with Crippen LogP contribution in [-0.2, 0) is 20.9 Å². The van der Waals surface area contributed by atoms with Crippen LogP contribution in [-0.4, -0.2) is 21.5 Å². The van der Waals surface area contributed by atoms with E-state index in [-0.39, 0.29) is 15.6 Å². The van der Waals surface area contributed by atoms with Crippen LogP contribution in [0.3, 0.4) is 0 Å². The fourth-order valence-electron chi connectivity index (χ4n) is 1.92. The zero-order chi connectivity index (χ0) is 19.7. The van der Waals surface area contributed by atoms with Crippen LogP contribution in [0.4, 0.5) is 18.9 Å². The lowest BCUT2D eigenvalue weighted by molar-refractivity contribution is -0.137. The van der Waals surface area contributed by atoms with E-state index >= 15 is 0 Å². The lowest BCUT2D eigenvalue weighted by Crippen LogP contribution is -2.15. The summed E-state index contributed by atoms with van der Waals surface area (Å²) in [5, 5.41) is -0.281. The Morgan fingerprint density at radius 3 is 2.27 bits per heavy atom. The molecule has 0 aromatic heterocycles. The summed E-state index contributed by atoms with van der Waals surface area (Å²) in [6.07, 6.45) is -4.68. The second kappa shape index (κ2) is 7.34. The van der Waals surface area contributed by atoms with Gasteiger partial charge >= 0.3 is 12.1 Å². The van der Waals surface area contributed by atoms with Crippen LogP contribution in [0, 0.1) is 0 Å². The Morgan fingerprint density at radius 1 is 1.08 bits per heavy atom. The Hall–Kier alpha value is -1.97. The van der Waals surface area contributed by atoms with Crippen LogP contribution < -0.4 is 4.72 Å². The van der Waals surface area contributed by atoms with E-state index in [9.17, 15) is 26.4 Å². The highest BCUT2D eigenvalue weighted by Crippen LogP contribution is 2.34. The summed E-state index contributed by atoms with van der Waals surface area (Å²) in [5.41, 5.74) is -1.76. The molecule has 0 heterocycles. The van der Waals surface area contributed by atoms with Gasteiger partial charge in [-0.25, -0.2) is 13.2 Å². The molecule has 0 bridgehead atoms. The maximum atomic E-state index is 12.8. The van der Waals surface area contributed by atoms with Gasteiger partial charge in [0.15, 0.2) is 0 Å². The van der Waals surface area contributed by atoms with E-state index in [1.165, 1.54) is 0 Å². The topological polar surface area (TPSA) is 72.5 Å². The minimum Gasteiger partial charge on any atom is -0.465 e. The third-order valence-corrected chi connectivity index (χ3v) is 5.21. The number of sulfonamides is 1. The van der Waals surface area contributed by atoms with Crippen LogP contribution in [0.25, 0.3) is 0 Å². The van der Waals surface area contributed by atoms with E-state index < -0.39 is 38.3 Å². The summed E-state index contributed by atoms with van der Waals surface area (Å²) in [6, 6.07) is 5.38. The molecule has 0 aliphatic heterocycles. The quantitative estimate of drug-likeness (QED) is 0.723. The Kier molecular flexibility index (Phi) is 5.74. The highest BCUT2D eigenvalue weighted by Gasteiger charge is 2.31. The van der Waals surface area contributed by atoms with Gasteiger partial charge in [-0.3, -0.25) is 4.72 Å². The zero-order valence-corrected chi connectivity index (χ0v) is 15.2. The number of carbonyl (C=O) groups excluding carboxylic acids is 1. The molecule has 0 radical (unpaired) electrons. The average molecular weight is 428 g/mol. The summed E-state index contributed by atoms with van der Waals surface area (Å²) in [6.45, 7) is 0. The molecule has 5 nitrogen and oxygen atoms in total. The van der Waals surface area contributed by atoms with Gasteiger partial charge < -0.3 is 4.74 Å². The van der Waals surface area contributed by atoms with Gasteiger partial charge in [0.1, 0.15) is 0 Å². The van der Waals surface area contributed by atoms with E-state index in [0.717, 1.165) is 37.4 Å². The van der Waals surface area contributed by atoms with E-state index in [0.29, 0.717) is 6.07 Å². The molecule has 0 unspecified atom stereocenters. The lowest BCUT2D eigenvalue weighted by Gasteiger charge is -2.13. The number of anilines is 1. The number of benzene rings is 2. The van der Waals surface area contributed by atoms with E-state index in [2.05, 4.69) is 4.74 Å². The van der Waals surface area contributed by atoms with Gasteiger partial charge in [-0.1, -0.05) is 23.2 Å². The van der Waals surface area contributed by atoms with Gasteiger partial charge in [-0.05, 0) is 36.4 Å².